The first-order valence-electron chi connectivity index (χ1n) is 8.96. The summed E-state index contributed by atoms with van der Waals surface area (Å²) in [7, 11) is 1.90. The van der Waals surface area contributed by atoms with Crippen molar-refractivity contribution in [3.05, 3.63) is 52.3 Å². The number of halogens is 1. The first-order valence-corrected chi connectivity index (χ1v) is 9.78. The highest BCUT2D eigenvalue weighted by atomic mass is 32.1. The van der Waals surface area contributed by atoms with Crippen molar-refractivity contribution in [3.63, 3.8) is 0 Å². The maximum atomic E-state index is 13.3. The second-order valence-electron chi connectivity index (χ2n) is 7.22. The number of carbonyl (C=O) groups excluding carboxylic acids is 1. The third-order valence-corrected chi connectivity index (χ3v) is 6.73. The molecule has 1 aromatic carbocycles. The van der Waals surface area contributed by atoms with Crippen LogP contribution in [0.4, 0.5) is 4.39 Å². The third-order valence-electron chi connectivity index (χ3n) is 5.52. The second kappa shape index (κ2) is 6.50. The van der Waals surface area contributed by atoms with Crippen LogP contribution in [0.15, 0.2) is 30.3 Å². The van der Waals surface area contributed by atoms with Crippen LogP contribution in [-0.4, -0.2) is 22.2 Å². The Morgan fingerprint density at radius 3 is 2.65 bits per heavy atom. The predicted molar refractivity (Wildman–Crippen MR) is 102 cm³/mol. The number of fused-ring (bicyclic) bond motifs is 1. The van der Waals surface area contributed by atoms with E-state index in [2.05, 4.69) is 10.4 Å². The molecule has 1 saturated carbocycles. The van der Waals surface area contributed by atoms with Crippen molar-refractivity contribution in [3.8, 4) is 0 Å². The van der Waals surface area contributed by atoms with E-state index in [1.165, 1.54) is 23.5 Å². The highest BCUT2D eigenvalue weighted by molar-refractivity contribution is 7.20. The first kappa shape index (κ1) is 17.2. The molecule has 0 saturated heterocycles. The van der Waals surface area contributed by atoms with E-state index < -0.39 is 0 Å². The number of hydrogen-bond donors (Lipinski definition) is 1. The van der Waals surface area contributed by atoms with Gasteiger partial charge in [0.15, 0.2) is 0 Å². The highest BCUT2D eigenvalue weighted by Crippen LogP contribution is 2.40. The maximum absolute atomic E-state index is 13.3. The van der Waals surface area contributed by atoms with Gasteiger partial charge in [-0.2, -0.15) is 5.10 Å². The van der Waals surface area contributed by atoms with Crippen LogP contribution in [0.3, 0.4) is 0 Å². The Kier molecular flexibility index (Phi) is 4.31. The monoisotopic (exact) mass is 371 g/mol. The Morgan fingerprint density at radius 1 is 1.31 bits per heavy atom. The second-order valence-corrected chi connectivity index (χ2v) is 8.25. The van der Waals surface area contributed by atoms with Crippen LogP contribution in [0.2, 0.25) is 0 Å². The molecule has 1 aliphatic carbocycles. The van der Waals surface area contributed by atoms with Crippen molar-refractivity contribution in [2.75, 3.05) is 6.54 Å². The van der Waals surface area contributed by atoms with Crippen molar-refractivity contribution >= 4 is 27.5 Å². The molecule has 2 heterocycles. The van der Waals surface area contributed by atoms with Crippen LogP contribution < -0.4 is 5.32 Å². The summed E-state index contributed by atoms with van der Waals surface area (Å²) in [4.78, 5) is 14.5. The summed E-state index contributed by atoms with van der Waals surface area (Å²) >= 11 is 1.47. The minimum atomic E-state index is -0.222. The zero-order chi connectivity index (χ0) is 18.3. The summed E-state index contributed by atoms with van der Waals surface area (Å²) in [5, 5.41) is 8.55. The Balaban J connectivity index is 1.54. The van der Waals surface area contributed by atoms with Gasteiger partial charge in [-0.1, -0.05) is 25.0 Å². The van der Waals surface area contributed by atoms with Gasteiger partial charge >= 0.3 is 0 Å². The van der Waals surface area contributed by atoms with Crippen molar-refractivity contribution in [2.24, 2.45) is 7.05 Å². The van der Waals surface area contributed by atoms with E-state index in [-0.39, 0.29) is 17.1 Å². The molecule has 1 aliphatic rings. The van der Waals surface area contributed by atoms with Crippen LogP contribution in [-0.2, 0) is 12.5 Å². The number of rotatable bonds is 4. The van der Waals surface area contributed by atoms with Gasteiger partial charge in [0.1, 0.15) is 10.6 Å². The molecule has 1 fully saturated rings. The maximum Gasteiger partial charge on any atom is 0.261 e. The smallest absolute Gasteiger partial charge is 0.261 e. The number of nitrogens with one attached hydrogen (secondary N) is 1. The number of aromatic nitrogens is 2. The summed E-state index contributed by atoms with van der Waals surface area (Å²) in [6, 6.07) is 8.68. The average Bonchev–Trinajstić information content (AvgIpc) is 3.33. The van der Waals surface area contributed by atoms with Gasteiger partial charge in [0.05, 0.1) is 10.6 Å². The highest BCUT2D eigenvalue weighted by Gasteiger charge is 2.36. The van der Waals surface area contributed by atoms with E-state index in [4.69, 9.17) is 0 Å². The summed E-state index contributed by atoms with van der Waals surface area (Å²) < 4.78 is 15.1. The first-order chi connectivity index (χ1) is 12.5. The van der Waals surface area contributed by atoms with Crippen molar-refractivity contribution in [2.45, 2.75) is 38.0 Å². The zero-order valence-electron chi connectivity index (χ0n) is 15.0. The predicted octanol–water partition coefficient (Wildman–Crippen LogP) is 4.32. The fourth-order valence-electron chi connectivity index (χ4n) is 4.08. The minimum Gasteiger partial charge on any atom is -0.350 e. The van der Waals surface area contributed by atoms with Crippen molar-refractivity contribution in [1.82, 2.24) is 15.1 Å². The fraction of sp³-hybridized carbons (Fsp3) is 0.400. The molecule has 0 bridgehead atoms. The summed E-state index contributed by atoms with van der Waals surface area (Å²) in [5.41, 5.74) is 1.97. The molecule has 1 amide bonds. The SMILES string of the molecule is Cc1nn(C)c2sc(C(=O)NCC3(c4ccc(F)cc4)CCCC3)cc12. The molecule has 2 aromatic heterocycles. The van der Waals surface area contributed by atoms with Gasteiger partial charge < -0.3 is 5.32 Å². The molecule has 0 unspecified atom stereocenters. The number of benzene rings is 1. The van der Waals surface area contributed by atoms with Crippen molar-refractivity contribution in [1.29, 1.82) is 0 Å². The fourth-order valence-corrected chi connectivity index (χ4v) is 5.12. The number of hydrogen-bond acceptors (Lipinski definition) is 3. The van der Waals surface area contributed by atoms with Gasteiger partial charge in [0.25, 0.3) is 5.91 Å². The van der Waals surface area contributed by atoms with E-state index in [1.807, 2.05) is 36.9 Å². The zero-order valence-corrected chi connectivity index (χ0v) is 15.8. The molecule has 26 heavy (non-hydrogen) atoms. The molecule has 0 radical (unpaired) electrons. The molecule has 136 valence electrons. The normalized spacial score (nSPS) is 16.3. The standard InChI is InChI=1S/C20H22FN3OS/c1-13-16-11-17(26-19(16)24(2)23-13)18(25)22-12-20(9-3-4-10-20)14-5-7-15(21)8-6-14/h5-8,11H,3-4,9-10,12H2,1-2H3,(H,22,25). The van der Waals surface area contributed by atoms with E-state index in [0.717, 1.165) is 47.2 Å². The minimum absolute atomic E-state index is 0.0426. The van der Waals surface area contributed by atoms with Gasteiger partial charge in [-0.05, 0) is 43.5 Å². The Bertz CT molecular complexity index is 917. The van der Waals surface area contributed by atoms with Crippen LogP contribution in [0, 0.1) is 12.7 Å². The number of carbonyl (C=O) groups is 1. The van der Waals surface area contributed by atoms with Crippen LogP contribution in [0.25, 0.3) is 10.2 Å². The quantitative estimate of drug-likeness (QED) is 0.742. The molecule has 0 spiro atoms. The van der Waals surface area contributed by atoms with E-state index in [0.29, 0.717) is 11.4 Å². The van der Waals surface area contributed by atoms with Gasteiger partial charge in [-0.25, -0.2) is 4.39 Å². The molecule has 3 aromatic rings. The van der Waals surface area contributed by atoms with Gasteiger partial charge in [-0.15, -0.1) is 11.3 Å². The van der Waals surface area contributed by atoms with Crippen LogP contribution in [0.1, 0.15) is 46.6 Å². The number of amides is 1. The average molecular weight is 371 g/mol. The third kappa shape index (κ3) is 2.92. The molecule has 0 aliphatic heterocycles. The van der Waals surface area contributed by atoms with Crippen LogP contribution >= 0.6 is 11.3 Å². The number of thiophene rings is 1. The lowest BCUT2D eigenvalue weighted by Crippen LogP contribution is -2.38. The molecular weight excluding hydrogens is 349 g/mol. The van der Waals surface area contributed by atoms with Crippen molar-refractivity contribution < 1.29 is 9.18 Å². The molecule has 0 atom stereocenters. The molecule has 6 heteroatoms. The number of nitrogens with zero attached hydrogens (tertiary/aromatic N) is 2. The van der Waals surface area contributed by atoms with E-state index in [1.54, 1.807) is 0 Å². The summed E-state index contributed by atoms with van der Waals surface area (Å²) in [6.07, 6.45) is 4.32. The van der Waals surface area contributed by atoms with Gasteiger partial charge in [0.2, 0.25) is 0 Å². The summed E-state index contributed by atoms with van der Waals surface area (Å²) in [6.45, 7) is 2.54. The number of aryl methyl sites for hydroxylation is 2. The topological polar surface area (TPSA) is 46.9 Å². The lowest BCUT2D eigenvalue weighted by Gasteiger charge is -2.30. The Morgan fingerprint density at radius 2 is 2.00 bits per heavy atom. The largest absolute Gasteiger partial charge is 0.350 e. The summed E-state index contributed by atoms with van der Waals surface area (Å²) in [5.74, 6) is -0.265. The van der Waals surface area contributed by atoms with Gasteiger partial charge in [0, 0.05) is 24.4 Å². The molecule has 4 nitrogen and oxygen atoms in total. The molecular formula is C20H22FN3OS. The lowest BCUT2D eigenvalue weighted by atomic mass is 9.79. The molecule has 4 rings (SSSR count). The Labute approximate surface area is 156 Å². The van der Waals surface area contributed by atoms with Gasteiger partial charge in [-0.3, -0.25) is 9.48 Å². The van der Waals surface area contributed by atoms with E-state index >= 15 is 0 Å². The Hall–Kier alpha value is -2.21. The lowest BCUT2D eigenvalue weighted by molar-refractivity contribution is 0.0947. The van der Waals surface area contributed by atoms with E-state index in [9.17, 15) is 9.18 Å². The van der Waals surface area contributed by atoms with Crippen LogP contribution in [0.5, 0.6) is 0 Å². The molecule has 1 N–H and O–H groups in total.